The van der Waals surface area contributed by atoms with Gasteiger partial charge in [0.2, 0.25) is 10.0 Å². The van der Waals surface area contributed by atoms with Crippen molar-refractivity contribution in [2.24, 2.45) is 5.92 Å². The molecule has 1 aliphatic carbocycles. The zero-order valence-corrected chi connectivity index (χ0v) is 17.6. The fourth-order valence-corrected chi connectivity index (χ4v) is 5.75. The van der Waals surface area contributed by atoms with Crippen LogP contribution in [0.15, 0.2) is 57.4 Å². The van der Waals surface area contributed by atoms with Crippen molar-refractivity contribution in [3.8, 4) is 0 Å². The number of amides is 1. The van der Waals surface area contributed by atoms with E-state index in [1.54, 1.807) is 35.6 Å². The highest BCUT2D eigenvalue weighted by Crippen LogP contribution is 2.33. The average Bonchev–Trinajstić information content (AvgIpc) is 3.36. The second-order valence-electron chi connectivity index (χ2n) is 7.28. The number of sulfonamides is 1. The van der Waals surface area contributed by atoms with E-state index in [9.17, 15) is 13.2 Å². The summed E-state index contributed by atoms with van der Waals surface area (Å²) in [4.78, 5) is 14.2. The van der Waals surface area contributed by atoms with E-state index in [-0.39, 0.29) is 17.3 Å². The van der Waals surface area contributed by atoms with Gasteiger partial charge in [-0.3, -0.25) is 4.79 Å². The Kier molecular flexibility index (Phi) is 5.58. The number of hydrogen-bond donors (Lipinski definition) is 2. The number of thiophene rings is 1. The van der Waals surface area contributed by atoms with Crippen LogP contribution in [0.2, 0.25) is 0 Å². The lowest BCUT2D eigenvalue weighted by Crippen LogP contribution is -2.23. The van der Waals surface area contributed by atoms with Crippen molar-refractivity contribution in [2.45, 2.75) is 37.6 Å². The molecule has 1 aromatic carbocycles. The minimum absolute atomic E-state index is 0.0609. The molecule has 0 fully saturated rings. The van der Waals surface area contributed by atoms with Crippen LogP contribution in [0, 0.1) is 5.92 Å². The summed E-state index contributed by atoms with van der Waals surface area (Å²) >= 11 is 1.63. The van der Waals surface area contributed by atoms with Gasteiger partial charge in [-0.15, -0.1) is 11.3 Å². The predicted molar refractivity (Wildman–Crippen MR) is 113 cm³/mol. The molecular formula is C21H22N2O4S2. The molecule has 4 rings (SSSR count). The van der Waals surface area contributed by atoms with Crippen LogP contribution in [0.25, 0.3) is 0 Å². The molecule has 29 heavy (non-hydrogen) atoms. The smallest absolute Gasteiger partial charge is 0.256 e. The van der Waals surface area contributed by atoms with Crippen LogP contribution in [0.5, 0.6) is 0 Å². The first-order chi connectivity index (χ1) is 13.9. The van der Waals surface area contributed by atoms with Crippen LogP contribution in [0.1, 0.15) is 39.9 Å². The molecule has 0 saturated carbocycles. The molecule has 6 nitrogen and oxygen atoms in total. The molecule has 1 atom stereocenters. The summed E-state index contributed by atoms with van der Waals surface area (Å²) in [6.45, 7) is 2.29. The molecule has 3 aromatic rings. The van der Waals surface area contributed by atoms with Crippen molar-refractivity contribution >= 4 is 33.0 Å². The third kappa shape index (κ3) is 4.44. The molecule has 0 bridgehead atoms. The molecule has 1 amide bonds. The first-order valence-electron chi connectivity index (χ1n) is 9.45. The molecule has 2 aromatic heterocycles. The van der Waals surface area contributed by atoms with Gasteiger partial charge in [0, 0.05) is 15.9 Å². The van der Waals surface area contributed by atoms with Gasteiger partial charge < -0.3 is 9.73 Å². The van der Waals surface area contributed by atoms with Gasteiger partial charge in [0.25, 0.3) is 5.91 Å². The number of fused-ring (bicyclic) bond motifs is 1. The second kappa shape index (κ2) is 8.14. The third-order valence-electron chi connectivity index (χ3n) is 5.07. The Morgan fingerprint density at radius 3 is 2.93 bits per heavy atom. The zero-order chi connectivity index (χ0) is 20.4. The van der Waals surface area contributed by atoms with E-state index >= 15 is 0 Å². The van der Waals surface area contributed by atoms with Crippen molar-refractivity contribution < 1.29 is 17.6 Å². The van der Waals surface area contributed by atoms with Crippen molar-refractivity contribution in [1.82, 2.24) is 4.72 Å². The number of carbonyl (C=O) groups is 1. The lowest BCUT2D eigenvalue weighted by molar-refractivity contribution is 0.102. The number of anilines is 1. The number of carbonyl (C=O) groups excluding carboxylic acids is 1. The molecule has 152 valence electrons. The van der Waals surface area contributed by atoms with Gasteiger partial charge in [-0.2, -0.15) is 0 Å². The van der Waals surface area contributed by atoms with Crippen molar-refractivity contribution in [1.29, 1.82) is 0 Å². The highest BCUT2D eigenvalue weighted by Gasteiger charge is 2.23. The maximum atomic E-state index is 12.8. The Bertz CT molecular complexity index is 1120. The van der Waals surface area contributed by atoms with Crippen molar-refractivity contribution in [3.63, 3.8) is 0 Å². The molecule has 0 radical (unpaired) electrons. The normalized spacial score (nSPS) is 16.4. The fraction of sp³-hybridized carbons (Fsp3) is 0.286. The van der Waals surface area contributed by atoms with Gasteiger partial charge in [-0.1, -0.05) is 13.0 Å². The first-order valence-corrected chi connectivity index (χ1v) is 11.8. The zero-order valence-electron chi connectivity index (χ0n) is 16.0. The summed E-state index contributed by atoms with van der Waals surface area (Å²) in [5.41, 5.74) is 2.27. The Morgan fingerprint density at radius 2 is 2.14 bits per heavy atom. The van der Waals surface area contributed by atoms with E-state index in [0.717, 1.165) is 24.8 Å². The summed E-state index contributed by atoms with van der Waals surface area (Å²) < 4.78 is 32.8. The molecule has 0 saturated heterocycles. The van der Waals surface area contributed by atoms with Gasteiger partial charge in [-0.25, -0.2) is 13.1 Å². The summed E-state index contributed by atoms with van der Waals surface area (Å²) in [6, 6.07) is 9.65. The SMILES string of the molecule is C[C@H]1CCc2c(C(=O)Nc3cccc(S(=O)(=O)NCc4ccco4)c3)csc2C1. The minimum atomic E-state index is -3.73. The molecular weight excluding hydrogens is 408 g/mol. The van der Waals surface area contributed by atoms with Crippen molar-refractivity contribution in [3.05, 3.63) is 69.8 Å². The van der Waals surface area contributed by atoms with Crippen LogP contribution in [-0.2, 0) is 29.4 Å². The Hall–Kier alpha value is -2.42. The average molecular weight is 431 g/mol. The van der Waals surface area contributed by atoms with Gasteiger partial charge in [0.05, 0.1) is 23.3 Å². The van der Waals surface area contributed by atoms with Crippen LogP contribution in [-0.4, -0.2) is 14.3 Å². The second-order valence-corrected chi connectivity index (χ2v) is 10.0. The number of benzene rings is 1. The van der Waals surface area contributed by atoms with Crippen LogP contribution in [0.3, 0.4) is 0 Å². The van der Waals surface area contributed by atoms with E-state index in [2.05, 4.69) is 17.0 Å². The van der Waals surface area contributed by atoms with E-state index in [0.29, 0.717) is 22.9 Å². The Morgan fingerprint density at radius 1 is 1.28 bits per heavy atom. The Balaban J connectivity index is 1.48. The van der Waals surface area contributed by atoms with E-state index in [1.807, 2.05) is 5.38 Å². The van der Waals surface area contributed by atoms with Gasteiger partial charge in [0.1, 0.15) is 5.76 Å². The lowest BCUT2D eigenvalue weighted by atomic mass is 9.88. The first kappa shape index (κ1) is 19.9. The van der Waals surface area contributed by atoms with Crippen molar-refractivity contribution in [2.75, 3.05) is 5.32 Å². The summed E-state index contributed by atoms with van der Waals surface area (Å²) in [7, 11) is -3.73. The molecule has 2 heterocycles. The van der Waals surface area contributed by atoms with E-state index < -0.39 is 10.0 Å². The highest BCUT2D eigenvalue weighted by molar-refractivity contribution is 7.89. The third-order valence-corrected chi connectivity index (χ3v) is 7.52. The number of nitrogens with one attached hydrogen (secondary N) is 2. The number of hydrogen-bond acceptors (Lipinski definition) is 5. The van der Waals surface area contributed by atoms with E-state index in [4.69, 9.17) is 4.42 Å². The monoisotopic (exact) mass is 430 g/mol. The van der Waals surface area contributed by atoms with Gasteiger partial charge in [-0.05, 0) is 61.1 Å². The molecule has 2 N–H and O–H groups in total. The molecule has 0 aliphatic heterocycles. The quantitative estimate of drug-likeness (QED) is 0.614. The Labute approximate surface area is 174 Å². The fourth-order valence-electron chi connectivity index (χ4n) is 3.47. The number of furan rings is 1. The maximum absolute atomic E-state index is 12.8. The van der Waals surface area contributed by atoms with Gasteiger partial charge >= 0.3 is 0 Å². The minimum Gasteiger partial charge on any atom is -0.468 e. The molecule has 0 unspecified atom stereocenters. The standard InChI is InChI=1S/C21H22N2O4S2/c1-14-7-8-18-19(13-28-20(18)10-14)21(24)23-15-4-2-6-17(11-15)29(25,26)22-12-16-5-3-9-27-16/h2-6,9,11,13-14,22H,7-8,10,12H2,1H3,(H,23,24)/t14-/m0/s1. The van der Waals surface area contributed by atoms with Crippen LogP contribution in [0.4, 0.5) is 5.69 Å². The molecule has 8 heteroatoms. The lowest BCUT2D eigenvalue weighted by Gasteiger charge is -2.18. The topological polar surface area (TPSA) is 88.4 Å². The van der Waals surface area contributed by atoms with Crippen LogP contribution < -0.4 is 10.0 Å². The molecule has 1 aliphatic rings. The van der Waals surface area contributed by atoms with Gasteiger partial charge in [0.15, 0.2) is 0 Å². The maximum Gasteiger partial charge on any atom is 0.256 e. The summed E-state index contributed by atoms with van der Waals surface area (Å²) in [5.74, 6) is 0.970. The summed E-state index contributed by atoms with van der Waals surface area (Å²) in [6.07, 6.45) is 4.50. The van der Waals surface area contributed by atoms with Crippen LogP contribution >= 0.6 is 11.3 Å². The number of rotatable bonds is 6. The largest absolute Gasteiger partial charge is 0.468 e. The molecule has 0 spiro atoms. The van der Waals surface area contributed by atoms with E-state index in [1.165, 1.54) is 23.3 Å². The predicted octanol–water partition coefficient (Wildman–Crippen LogP) is 4.20. The summed E-state index contributed by atoms with van der Waals surface area (Å²) in [5, 5.41) is 4.75. The highest BCUT2D eigenvalue weighted by atomic mass is 32.2.